The molecule has 7 nitrogen and oxygen atoms in total. The number of primary amides is 1. The maximum atomic E-state index is 12.0. The highest BCUT2D eigenvalue weighted by Crippen LogP contribution is 2.26. The summed E-state index contributed by atoms with van der Waals surface area (Å²) in [5.74, 6) is -0.589. The number of halogens is 1. The predicted octanol–water partition coefficient (Wildman–Crippen LogP) is 1.24. The minimum absolute atomic E-state index is 0.0368. The van der Waals surface area contributed by atoms with Crippen LogP contribution in [0.15, 0.2) is 6.07 Å². The van der Waals surface area contributed by atoms with Crippen molar-refractivity contribution in [2.24, 2.45) is 5.73 Å². The summed E-state index contributed by atoms with van der Waals surface area (Å²) < 4.78 is 23.1. The molecule has 0 aliphatic carbocycles. The number of hydrogen-bond donors (Lipinski definition) is 2. The Kier molecular flexibility index (Phi) is 5.52. The minimum atomic E-state index is -3.29. The van der Waals surface area contributed by atoms with Gasteiger partial charge >= 0.3 is 0 Å². The number of nitrogens with zero attached hydrogens (tertiary/aromatic N) is 2. The largest absolute Gasteiger partial charge is 0.366 e. The molecule has 0 bridgehead atoms. The van der Waals surface area contributed by atoms with Gasteiger partial charge in [-0.1, -0.05) is 25.4 Å². The van der Waals surface area contributed by atoms with Gasteiger partial charge in [0.15, 0.2) is 20.8 Å². The molecule has 0 atom stereocenters. The molecule has 0 radical (unpaired) electrons. The summed E-state index contributed by atoms with van der Waals surface area (Å²) in [5, 5.41) is 10.3. The summed E-state index contributed by atoms with van der Waals surface area (Å²) in [6.07, 6.45) is 2.06. The lowest BCUT2D eigenvalue weighted by molar-refractivity contribution is 0.100. The third kappa shape index (κ3) is 3.82. The van der Waals surface area contributed by atoms with E-state index >= 15 is 0 Å². The van der Waals surface area contributed by atoms with Crippen LogP contribution in [-0.4, -0.2) is 42.1 Å². The number of hydrogen-bond acceptors (Lipinski definition) is 6. The molecular formula is C12H19ClN4O3S. The monoisotopic (exact) mass is 334 g/mol. The molecule has 1 aromatic rings. The van der Waals surface area contributed by atoms with Gasteiger partial charge in [-0.25, -0.2) is 8.42 Å². The zero-order valence-electron chi connectivity index (χ0n) is 12.2. The second kappa shape index (κ2) is 6.57. The van der Waals surface area contributed by atoms with Gasteiger partial charge in [0.1, 0.15) is 0 Å². The van der Waals surface area contributed by atoms with Crippen molar-refractivity contribution in [1.29, 1.82) is 0 Å². The van der Waals surface area contributed by atoms with E-state index in [9.17, 15) is 13.2 Å². The van der Waals surface area contributed by atoms with Crippen molar-refractivity contribution in [2.45, 2.75) is 31.4 Å². The van der Waals surface area contributed by atoms with Crippen molar-refractivity contribution >= 4 is 33.2 Å². The highest BCUT2D eigenvalue weighted by molar-refractivity contribution is 7.92. The fourth-order valence-corrected chi connectivity index (χ4v) is 3.62. The molecule has 9 heteroatoms. The van der Waals surface area contributed by atoms with E-state index in [-0.39, 0.29) is 23.1 Å². The van der Waals surface area contributed by atoms with Crippen molar-refractivity contribution in [2.75, 3.05) is 18.1 Å². The number of carbonyl (C=O) groups is 1. The maximum absolute atomic E-state index is 12.0. The molecule has 21 heavy (non-hydrogen) atoms. The molecule has 3 N–H and O–H groups in total. The van der Waals surface area contributed by atoms with Gasteiger partial charge in [0.05, 0.1) is 10.3 Å². The van der Waals surface area contributed by atoms with E-state index in [0.717, 1.165) is 0 Å². The molecule has 1 amide bonds. The van der Waals surface area contributed by atoms with Gasteiger partial charge in [-0.2, -0.15) is 0 Å². The van der Waals surface area contributed by atoms with Gasteiger partial charge in [0, 0.05) is 12.8 Å². The maximum Gasteiger partial charge on any atom is 0.252 e. The number of carbonyl (C=O) groups excluding carboxylic acids is 1. The molecule has 0 aliphatic heterocycles. The van der Waals surface area contributed by atoms with Crippen LogP contribution in [0.5, 0.6) is 0 Å². The summed E-state index contributed by atoms with van der Waals surface area (Å²) in [6.45, 7) is 3.71. The van der Waals surface area contributed by atoms with Crippen molar-refractivity contribution < 1.29 is 13.2 Å². The SMILES string of the molecule is CCC(CC)(CNc1nnc(Cl)cc1C(N)=O)S(C)(=O)=O. The lowest BCUT2D eigenvalue weighted by Crippen LogP contribution is -2.43. The number of nitrogens with one attached hydrogen (secondary N) is 1. The predicted molar refractivity (Wildman–Crippen MR) is 82.2 cm³/mol. The molecule has 0 fully saturated rings. The Hall–Kier alpha value is -1.41. The van der Waals surface area contributed by atoms with Crippen LogP contribution in [0.2, 0.25) is 5.15 Å². The van der Waals surface area contributed by atoms with Crippen LogP contribution in [0.1, 0.15) is 37.0 Å². The normalized spacial score (nSPS) is 12.2. The standard InChI is InChI=1S/C12H19ClN4O3S/c1-4-12(5-2,21(3,19)20)7-15-11-8(10(14)18)6-9(13)16-17-11/h6H,4-5,7H2,1-3H3,(H2,14,18)(H,15,17). The lowest BCUT2D eigenvalue weighted by Gasteiger charge is -2.30. The summed E-state index contributed by atoms with van der Waals surface area (Å²) >= 11 is 5.67. The average Bonchev–Trinajstić information content (AvgIpc) is 2.40. The molecule has 0 unspecified atom stereocenters. The van der Waals surface area contributed by atoms with E-state index in [4.69, 9.17) is 17.3 Å². The molecule has 0 aromatic carbocycles. The highest BCUT2D eigenvalue weighted by Gasteiger charge is 2.37. The summed E-state index contributed by atoms with van der Waals surface area (Å²) in [6, 6.07) is 1.29. The van der Waals surface area contributed by atoms with Crippen LogP contribution < -0.4 is 11.1 Å². The number of rotatable bonds is 7. The highest BCUT2D eigenvalue weighted by atomic mass is 35.5. The molecule has 1 heterocycles. The Bertz CT molecular complexity index is 629. The van der Waals surface area contributed by atoms with Gasteiger partial charge in [0.2, 0.25) is 0 Å². The van der Waals surface area contributed by atoms with E-state index in [2.05, 4.69) is 15.5 Å². The minimum Gasteiger partial charge on any atom is -0.366 e. The van der Waals surface area contributed by atoms with Gasteiger partial charge in [-0.15, -0.1) is 10.2 Å². The second-order valence-corrected chi connectivity index (χ2v) is 7.61. The number of nitrogens with two attached hydrogens (primary N) is 1. The van der Waals surface area contributed by atoms with Crippen molar-refractivity contribution in [1.82, 2.24) is 10.2 Å². The molecule has 0 saturated carbocycles. The topological polar surface area (TPSA) is 115 Å². The first-order chi connectivity index (χ1) is 9.66. The number of anilines is 1. The lowest BCUT2D eigenvalue weighted by atomic mass is 10.0. The Balaban J connectivity index is 3.10. The zero-order valence-corrected chi connectivity index (χ0v) is 13.8. The van der Waals surface area contributed by atoms with Gasteiger partial charge in [0.25, 0.3) is 5.91 Å². The molecule has 1 rings (SSSR count). The van der Waals surface area contributed by atoms with Crippen molar-refractivity contribution in [3.63, 3.8) is 0 Å². The Morgan fingerprint density at radius 3 is 2.38 bits per heavy atom. The Morgan fingerprint density at radius 1 is 1.38 bits per heavy atom. The summed E-state index contributed by atoms with van der Waals surface area (Å²) in [4.78, 5) is 11.4. The van der Waals surface area contributed by atoms with Crippen LogP contribution in [0.4, 0.5) is 5.82 Å². The Morgan fingerprint density at radius 2 is 1.95 bits per heavy atom. The van der Waals surface area contributed by atoms with Crippen molar-refractivity contribution in [3.8, 4) is 0 Å². The summed E-state index contributed by atoms with van der Waals surface area (Å²) in [7, 11) is -3.29. The van der Waals surface area contributed by atoms with Gasteiger partial charge in [-0.05, 0) is 18.9 Å². The van der Waals surface area contributed by atoms with E-state index in [1.807, 2.05) is 0 Å². The molecule has 1 aromatic heterocycles. The van der Waals surface area contributed by atoms with Crippen LogP contribution >= 0.6 is 11.6 Å². The van der Waals surface area contributed by atoms with Crippen LogP contribution in [0.25, 0.3) is 0 Å². The molecule has 0 aliphatic rings. The smallest absolute Gasteiger partial charge is 0.252 e. The Labute approximate surface area is 129 Å². The van der Waals surface area contributed by atoms with Crippen LogP contribution in [-0.2, 0) is 9.84 Å². The van der Waals surface area contributed by atoms with Crippen molar-refractivity contribution in [3.05, 3.63) is 16.8 Å². The molecule has 0 saturated heterocycles. The fraction of sp³-hybridized carbons (Fsp3) is 0.583. The number of amides is 1. The number of sulfone groups is 1. The third-order valence-electron chi connectivity index (χ3n) is 3.68. The van der Waals surface area contributed by atoms with E-state index < -0.39 is 20.5 Å². The fourth-order valence-electron chi connectivity index (χ4n) is 2.09. The third-order valence-corrected chi connectivity index (χ3v) is 6.16. The quantitative estimate of drug-likeness (QED) is 0.775. The zero-order chi connectivity index (χ0) is 16.3. The summed E-state index contributed by atoms with van der Waals surface area (Å²) in [5.41, 5.74) is 5.32. The van der Waals surface area contributed by atoms with Gasteiger partial charge < -0.3 is 11.1 Å². The van der Waals surface area contributed by atoms with E-state index in [1.165, 1.54) is 12.3 Å². The van der Waals surface area contributed by atoms with Crippen LogP contribution in [0.3, 0.4) is 0 Å². The number of aromatic nitrogens is 2. The second-order valence-electron chi connectivity index (χ2n) is 4.81. The first kappa shape index (κ1) is 17.6. The first-order valence-electron chi connectivity index (χ1n) is 6.43. The van der Waals surface area contributed by atoms with E-state index in [1.54, 1.807) is 13.8 Å². The van der Waals surface area contributed by atoms with Gasteiger partial charge in [-0.3, -0.25) is 4.79 Å². The first-order valence-corrected chi connectivity index (χ1v) is 8.70. The molecule has 0 spiro atoms. The molecule has 118 valence electrons. The average molecular weight is 335 g/mol. The molecular weight excluding hydrogens is 316 g/mol. The van der Waals surface area contributed by atoms with E-state index in [0.29, 0.717) is 12.8 Å². The van der Waals surface area contributed by atoms with Crippen LogP contribution in [0, 0.1) is 0 Å².